The molecule has 1 saturated heterocycles. The second-order valence-corrected chi connectivity index (χ2v) is 9.22. The Morgan fingerprint density at radius 1 is 1.00 bits per heavy atom. The lowest BCUT2D eigenvalue weighted by Crippen LogP contribution is -2.36. The molecule has 5 heterocycles. The van der Waals surface area contributed by atoms with Crippen LogP contribution in [0, 0.1) is 5.92 Å². The van der Waals surface area contributed by atoms with Crippen LogP contribution in [0.4, 0.5) is 19.0 Å². The second kappa shape index (κ2) is 7.86. The summed E-state index contributed by atoms with van der Waals surface area (Å²) in [7, 11) is 0. The van der Waals surface area contributed by atoms with Crippen LogP contribution < -0.4 is 5.73 Å². The maximum absolute atomic E-state index is 13.3. The largest absolute Gasteiger partial charge is 0.419 e. The van der Waals surface area contributed by atoms with Crippen LogP contribution in [0.2, 0.25) is 0 Å². The van der Waals surface area contributed by atoms with Gasteiger partial charge >= 0.3 is 6.18 Å². The number of nitrogen functional groups attached to an aromatic ring is 1. The molecule has 8 nitrogen and oxygen atoms in total. The Labute approximate surface area is 193 Å². The Balaban J connectivity index is 1.39. The SMILES string of the molecule is Nc1ncc(-c2ccc3ncc4nnn(C5CCN(CC6CC6)CC5)c4c3n2)cc1C(F)(F)F. The van der Waals surface area contributed by atoms with Crippen molar-refractivity contribution in [2.24, 2.45) is 5.92 Å². The number of nitrogens with zero attached hydrogens (tertiary/aromatic N) is 7. The molecule has 4 aromatic rings. The van der Waals surface area contributed by atoms with E-state index in [0.717, 1.165) is 43.4 Å². The van der Waals surface area contributed by atoms with E-state index in [4.69, 9.17) is 10.7 Å². The molecule has 34 heavy (non-hydrogen) atoms. The third-order valence-electron chi connectivity index (χ3n) is 6.78. The molecule has 0 atom stereocenters. The molecule has 1 aliphatic heterocycles. The third kappa shape index (κ3) is 3.83. The Kier molecular flexibility index (Phi) is 4.91. The van der Waals surface area contributed by atoms with Crippen LogP contribution in [0.15, 0.2) is 30.6 Å². The Bertz CT molecular complexity index is 1370. The van der Waals surface area contributed by atoms with Gasteiger partial charge in [-0.15, -0.1) is 5.10 Å². The fourth-order valence-electron chi connectivity index (χ4n) is 4.75. The van der Waals surface area contributed by atoms with E-state index in [1.165, 1.54) is 25.6 Å². The summed E-state index contributed by atoms with van der Waals surface area (Å²) in [6, 6.07) is 4.55. The minimum absolute atomic E-state index is 0.187. The third-order valence-corrected chi connectivity index (χ3v) is 6.78. The number of halogens is 3. The number of rotatable bonds is 4. The molecule has 0 bridgehead atoms. The van der Waals surface area contributed by atoms with Gasteiger partial charge < -0.3 is 10.6 Å². The Morgan fingerprint density at radius 3 is 2.53 bits per heavy atom. The van der Waals surface area contributed by atoms with Crippen LogP contribution in [0.5, 0.6) is 0 Å². The minimum Gasteiger partial charge on any atom is -0.383 e. The first-order valence-corrected chi connectivity index (χ1v) is 11.4. The van der Waals surface area contributed by atoms with Gasteiger partial charge in [0.2, 0.25) is 0 Å². The molecule has 11 heteroatoms. The number of fused-ring (bicyclic) bond motifs is 3. The summed E-state index contributed by atoms with van der Waals surface area (Å²) >= 11 is 0. The molecule has 2 fully saturated rings. The number of alkyl halides is 3. The molecule has 0 radical (unpaired) electrons. The van der Waals surface area contributed by atoms with Gasteiger partial charge in [0.05, 0.1) is 29.0 Å². The van der Waals surface area contributed by atoms with Crippen molar-refractivity contribution in [3.05, 3.63) is 36.2 Å². The molecular weight excluding hydrogens is 445 g/mol. The highest BCUT2D eigenvalue weighted by Gasteiger charge is 2.34. The molecule has 0 amide bonds. The normalized spacial score (nSPS) is 18.2. The van der Waals surface area contributed by atoms with Gasteiger partial charge in [0.1, 0.15) is 22.4 Å². The highest BCUT2D eigenvalue weighted by Crippen LogP contribution is 2.36. The molecule has 0 spiro atoms. The van der Waals surface area contributed by atoms with Gasteiger partial charge in [0.15, 0.2) is 0 Å². The first-order valence-electron chi connectivity index (χ1n) is 11.4. The van der Waals surface area contributed by atoms with Gasteiger partial charge in [-0.2, -0.15) is 13.2 Å². The Hall–Kier alpha value is -3.34. The second-order valence-electron chi connectivity index (χ2n) is 9.22. The van der Waals surface area contributed by atoms with Crippen molar-refractivity contribution < 1.29 is 13.2 Å². The molecule has 0 unspecified atom stereocenters. The van der Waals surface area contributed by atoms with Crippen LogP contribution in [0.1, 0.15) is 37.3 Å². The number of likely N-dealkylation sites (tertiary alicyclic amines) is 1. The maximum atomic E-state index is 13.3. The maximum Gasteiger partial charge on any atom is 0.419 e. The topological polar surface area (TPSA) is 98.6 Å². The molecule has 2 N–H and O–H groups in total. The molecule has 0 aromatic carbocycles. The van der Waals surface area contributed by atoms with Crippen LogP contribution in [-0.2, 0) is 6.18 Å². The van der Waals surface area contributed by atoms with E-state index in [-0.39, 0.29) is 11.6 Å². The number of hydrogen-bond donors (Lipinski definition) is 1. The summed E-state index contributed by atoms with van der Waals surface area (Å²) in [5, 5.41) is 8.72. The number of aromatic nitrogens is 6. The van der Waals surface area contributed by atoms with Crippen molar-refractivity contribution in [1.29, 1.82) is 0 Å². The van der Waals surface area contributed by atoms with Crippen LogP contribution in [0.3, 0.4) is 0 Å². The zero-order valence-corrected chi connectivity index (χ0v) is 18.3. The predicted octanol–water partition coefficient (Wildman–Crippen LogP) is 4.08. The quantitative estimate of drug-likeness (QED) is 0.482. The lowest BCUT2D eigenvalue weighted by molar-refractivity contribution is -0.137. The molecule has 1 saturated carbocycles. The minimum atomic E-state index is -4.60. The summed E-state index contributed by atoms with van der Waals surface area (Å²) in [5.41, 5.74) is 7.63. The smallest absolute Gasteiger partial charge is 0.383 e. The number of pyridine rings is 3. The monoisotopic (exact) mass is 468 g/mol. The zero-order valence-electron chi connectivity index (χ0n) is 18.3. The first-order chi connectivity index (χ1) is 16.4. The number of nitrogens with two attached hydrogens (primary N) is 1. The number of anilines is 1. The van der Waals surface area contributed by atoms with E-state index >= 15 is 0 Å². The number of hydrogen-bond acceptors (Lipinski definition) is 7. The van der Waals surface area contributed by atoms with Crippen molar-refractivity contribution in [3.63, 3.8) is 0 Å². The summed E-state index contributed by atoms with van der Waals surface area (Å²) in [5.74, 6) is 0.304. The lowest BCUT2D eigenvalue weighted by Gasteiger charge is -2.32. The van der Waals surface area contributed by atoms with Crippen molar-refractivity contribution in [1.82, 2.24) is 34.8 Å². The molecule has 176 valence electrons. The van der Waals surface area contributed by atoms with Gasteiger partial charge in [-0.1, -0.05) is 5.21 Å². The van der Waals surface area contributed by atoms with Crippen molar-refractivity contribution in [2.75, 3.05) is 25.4 Å². The Morgan fingerprint density at radius 2 is 1.79 bits per heavy atom. The zero-order chi connectivity index (χ0) is 23.4. The van der Waals surface area contributed by atoms with Gasteiger partial charge in [-0.05, 0) is 49.8 Å². The van der Waals surface area contributed by atoms with E-state index < -0.39 is 17.6 Å². The lowest BCUT2D eigenvalue weighted by atomic mass is 10.0. The van der Waals surface area contributed by atoms with Crippen molar-refractivity contribution in [3.8, 4) is 11.3 Å². The van der Waals surface area contributed by atoms with E-state index in [9.17, 15) is 13.2 Å². The summed E-state index contributed by atoms with van der Waals surface area (Å²) < 4.78 is 42.0. The van der Waals surface area contributed by atoms with Gasteiger partial charge in [-0.25, -0.2) is 14.6 Å². The van der Waals surface area contributed by atoms with Crippen LogP contribution in [-0.4, -0.2) is 54.5 Å². The first kappa shape index (κ1) is 21.2. The van der Waals surface area contributed by atoms with Gasteiger partial charge in [0, 0.05) is 31.4 Å². The molecule has 1 aliphatic carbocycles. The van der Waals surface area contributed by atoms with E-state index in [2.05, 4.69) is 25.2 Å². The van der Waals surface area contributed by atoms with Gasteiger partial charge in [0.25, 0.3) is 0 Å². The fourth-order valence-corrected chi connectivity index (χ4v) is 4.75. The molecular formula is C23H23F3N8. The van der Waals surface area contributed by atoms with Crippen LogP contribution >= 0.6 is 0 Å². The average molecular weight is 468 g/mol. The fraction of sp³-hybridized carbons (Fsp3) is 0.435. The molecule has 2 aliphatic rings. The molecule has 4 aromatic heterocycles. The summed E-state index contributed by atoms with van der Waals surface area (Å²) in [6.45, 7) is 3.21. The molecule has 6 rings (SSSR count). The van der Waals surface area contributed by atoms with E-state index in [0.29, 0.717) is 22.2 Å². The number of piperidine rings is 1. The summed E-state index contributed by atoms with van der Waals surface area (Å²) in [6.07, 6.45) is 2.98. The van der Waals surface area contributed by atoms with Crippen molar-refractivity contribution in [2.45, 2.75) is 37.9 Å². The standard InChI is InChI=1S/C23H23F3N8/c24-23(25,26)16-9-14(10-29-22(16)27)17-3-4-18-20(30-17)21-19(11-28-18)31-32-34(21)15-5-7-33(8-6-15)12-13-1-2-13/h3-4,9-11,13,15H,1-2,5-8,12H2,(H2,27,29). The predicted molar refractivity (Wildman–Crippen MR) is 121 cm³/mol. The van der Waals surface area contributed by atoms with E-state index in [1.807, 2.05) is 4.68 Å². The van der Waals surface area contributed by atoms with E-state index in [1.54, 1.807) is 18.3 Å². The average Bonchev–Trinajstić information content (AvgIpc) is 3.53. The van der Waals surface area contributed by atoms with Gasteiger partial charge in [-0.3, -0.25) is 4.98 Å². The highest BCUT2D eigenvalue weighted by molar-refractivity contribution is 5.99. The van der Waals surface area contributed by atoms with Crippen LogP contribution in [0.25, 0.3) is 33.3 Å². The highest BCUT2D eigenvalue weighted by atomic mass is 19.4. The summed E-state index contributed by atoms with van der Waals surface area (Å²) in [4.78, 5) is 15.4. The van der Waals surface area contributed by atoms with Crippen molar-refractivity contribution >= 4 is 27.9 Å².